The molecule has 1 fully saturated rings. The Morgan fingerprint density at radius 2 is 1.15 bits per heavy atom. The Morgan fingerprint density at radius 1 is 0.681 bits per heavy atom. The molecule has 0 amide bonds. The van der Waals surface area contributed by atoms with Gasteiger partial charge in [-0.3, -0.25) is 5.32 Å². The second-order valence-corrected chi connectivity index (χ2v) is 13.9. The molecule has 0 aromatic carbocycles. The fraction of sp³-hybridized carbons (Fsp3) is 0.897. The highest BCUT2D eigenvalue weighted by atomic mass is 16.6. The van der Waals surface area contributed by atoms with Gasteiger partial charge >= 0.3 is 0 Å². The molecule has 3 unspecified atom stereocenters. The highest BCUT2D eigenvalue weighted by Crippen LogP contribution is 2.27. The van der Waals surface area contributed by atoms with E-state index in [-0.39, 0.29) is 12.2 Å². The van der Waals surface area contributed by atoms with Crippen LogP contribution < -0.4 is 5.32 Å². The molecule has 1 rings (SSSR count). The quantitative estimate of drug-likeness (QED) is 0.0270. The third-order valence-electron chi connectivity index (χ3n) is 9.07. The number of aliphatic hydroxyl groups excluding tert-OH is 2. The Balaban J connectivity index is 1.88. The van der Waals surface area contributed by atoms with Crippen molar-refractivity contribution in [1.82, 2.24) is 5.32 Å². The smallest absolute Gasteiger partial charge is 0.144 e. The van der Waals surface area contributed by atoms with E-state index < -0.39 is 18.3 Å². The van der Waals surface area contributed by atoms with Crippen molar-refractivity contribution in [3.8, 4) is 0 Å². The van der Waals surface area contributed by atoms with E-state index in [1.807, 2.05) is 0 Å². The van der Waals surface area contributed by atoms with Crippen LogP contribution in [0.5, 0.6) is 0 Å². The summed E-state index contributed by atoms with van der Waals surface area (Å²) in [6.07, 6.45) is 28.6. The molecule has 0 aliphatic carbocycles. The molecule has 3 N–H and O–H groups in total. The molecule has 1 heterocycles. The fourth-order valence-corrected chi connectivity index (χ4v) is 6.31. The molecule has 274 valence electrons. The lowest BCUT2D eigenvalue weighted by molar-refractivity contribution is -0.0627. The molecule has 8 heteroatoms. The highest BCUT2D eigenvalue weighted by molar-refractivity contribution is 6.11. The van der Waals surface area contributed by atoms with Gasteiger partial charge < -0.3 is 29.2 Å². The van der Waals surface area contributed by atoms with Crippen molar-refractivity contribution in [1.29, 1.82) is 0 Å². The van der Waals surface area contributed by atoms with Crippen LogP contribution in [-0.4, -0.2) is 75.0 Å². The number of rotatable bonds is 35. The summed E-state index contributed by atoms with van der Waals surface area (Å²) in [5.74, 6) is 1.21. The maximum Gasteiger partial charge on any atom is 0.144 e. The van der Waals surface area contributed by atoms with Gasteiger partial charge in [0.1, 0.15) is 39.0 Å². The van der Waals surface area contributed by atoms with Gasteiger partial charge in [-0.15, -0.1) is 0 Å². The first-order chi connectivity index (χ1) is 22.8. The SMILES string of the molecule is [B][C@@H]1O[C@H](COC(=C)C)C(OCCCCCCNC(O)CCCCCCCCCCCCCCCCCCCCCO)C1OC(=C)C. The lowest BCUT2D eigenvalue weighted by Crippen LogP contribution is -2.39. The van der Waals surface area contributed by atoms with Gasteiger partial charge in [-0.25, -0.2) is 0 Å². The van der Waals surface area contributed by atoms with E-state index in [0.717, 1.165) is 51.5 Å². The van der Waals surface area contributed by atoms with E-state index in [4.69, 9.17) is 31.9 Å². The summed E-state index contributed by atoms with van der Waals surface area (Å²) in [4.78, 5) is 0. The van der Waals surface area contributed by atoms with E-state index in [2.05, 4.69) is 18.5 Å². The number of aliphatic hydroxyl groups is 2. The Morgan fingerprint density at radius 3 is 1.64 bits per heavy atom. The lowest BCUT2D eigenvalue weighted by atomic mass is 9.92. The van der Waals surface area contributed by atoms with E-state index in [0.29, 0.717) is 31.3 Å². The molecule has 47 heavy (non-hydrogen) atoms. The number of unbranched alkanes of at least 4 members (excludes halogenated alkanes) is 21. The van der Waals surface area contributed by atoms with E-state index in [9.17, 15) is 5.11 Å². The molecular weight excluding hydrogens is 589 g/mol. The summed E-state index contributed by atoms with van der Waals surface area (Å²) in [7, 11) is 6.15. The normalized spacial score (nSPS) is 20.0. The van der Waals surface area contributed by atoms with Crippen LogP contribution in [-0.2, 0) is 18.9 Å². The number of ether oxygens (including phenoxy) is 4. The molecule has 7 nitrogen and oxygen atoms in total. The van der Waals surface area contributed by atoms with E-state index in [1.54, 1.807) is 13.8 Å². The zero-order valence-electron chi connectivity index (χ0n) is 30.7. The average Bonchev–Trinajstić information content (AvgIpc) is 3.32. The van der Waals surface area contributed by atoms with E-state index >= 15 is 0 Å². The maximum atomic E-state index is 10.3. The van der Waals surface area contributed by atoms with Crippen molar-refractivity contribution in [3.05, 3.63) is 24.7 Å². The molecule has 2 radical (unpaired) electrons. The number of nitrogens with one attached hydrogen (secondary N) is 1. The van der Waals surface area contributed by atoms with Crippen LogP contribution >= 0.6 is 0 Å². The zero-order chi connectivity index (χ0) is 34.4. The molecule has 0 saturated carbocycles. The molecule has 0 spiro atoms. The Hall–Kier alpha value is -1.06. The predicted octanol–water partition coefficient (Wildman–Crippen LogP) is 9.00. The van der Waals surface area contributed by atoms with Crippen molar-refractivity contribution in [2.45, 2.75) is 198 Å². The van der Waals surface area contributed by atoms with Gasteiger partial charge in [0.25, 0.3) is 0 Å². The molecule has 1 saturated heterocycles. The van der Waals surface area contributed by atoms with Crippen LogP contribution in [0.3, 0.4) is 0 Å². The van der Waals surface area contributed by atoms with Crippen molar-refractivity contribution >= 4 is 7.85 Å². The first kappa shape index (κ1) is 44.0. The predicted molar refractivity (Wildman–Crippen MR) is 197 cm³/mol. The largest absolute Gasteiger partial charge is 0.496 e. The van der Waals surface area contributed by atoms with Crippen LogP contribution in [0, 0.1) is 0 Å². The standard InChI is InChI=1S/C39H74BNO6/c1-33(2)45-32-35-37(38(39(40)47-35)46-34(3)4)44-31-27-23-21-25-29-41-36(43)28-24-20-18-16-14-12-10-8-6-5-7-9-11-13-15-17-19-22-26-30-42/h35-39,41-43H,1,3,5-32H2,2,4H3/t35-,36?,37?,38?,39-/m1/s1. The Bertz CT molecular complexity index is 740. The second-order valence-electron chi connectivity index (χ2n) is 13.9. The summed E-state index contributed by atoms with van der Waals surface area (Å²) in [5, 5.41) is 22.4. The molecule has 0 aromatic rings. The zero-order valence-corrected chi connectivity index (χ0v) is 30.7. The molecular formula is C39H74BNO6. The molecule has 0 aromatic heterocycles. The van der Waals surface area contributed by atoms with Crippen molar-refractivity contribution in [2.24, 2.45) is 0 Å². The topological polar surface area (TPSA) is 89.4 Å². The number of hydrogen-bond acceptors (Lipinski definition) is 7. The van der Waals surface area contributed by atoms with Gasteiger partial charge in [0, 0.05) is 13.2 Å². The third kappa shape index (κ3) is 25.6. The van der Waals surface area contributed by atoms with Crippen LogP contribution in [0.2, 0.25) is 0 Å². The van der Waals surface area contributed by atoms with Crippen molar-refractivity contribution < 1.29 is 29.2 Å². The average molecular weight is 664 g/mol. The van der Waals surface area contributed by atoms with Crippen LogP contribution in [0.1, 0.15) is 168 Å². The second kappa shape index (κ2) is 31.0. The van der Waals surface area contributed by atoms with Crippen LogP contribution in [0.15, 0.2) is 24.7 Å². The monoisotopic (exact) mass is 664 g/mol. The first-order valence-electron chi connectivity index (χ1n) is 19.5. The number of allylic oxidation sites excluding steroid dienone is 2. The molecule has 1 aliphatic rings. The Kier molecular flexibility index (Phi) is 29.0. The van der Waals surface area contributed by atoms with Gasteiger partial charge in [0.2, 0.25) is 0 Å². The van der Waals surface area contributed by atoms with Gasteiger partial charge in [0.15, 0.2) is 0 Å². The summed E-state index contributed by atoms with van der Waals surface area (Å²) in [6.45, 7) is 13.3. The van der Waals surface area contributed by atoms with Gasteiger partial charge in [-0.05, 0) is 52.5 Å². The third-order valence-corrected chi connectivity index (χ3v) is 9.07. The lowest BCUT2D eigenvalue weighted by Gasteiger charge is -2.25. The highest BCUT2D eigenvalue weighted by Gasteiger charge is 2.44. The molecule has 0 bridgehead atoms. The van der Waals surface area contributed by atoms with Gasteiger partial charge in [-0.1, -0.05) is 135 Å². The summed E-state index contributed by atoms with van der Waals surface area (Å²) < 4.78 is 23.4. The molecule has 5 atom stereocenters. The van der Waals surface area contributed by atoms with Gasteiger partial charge in [-0.2, -0.15) is 0 Å². The van der Waals surface area contributed by atoms with Crippen molar-refractivity contribution in [3.63, 3.8) is 0 Å². The summed E-state index contributed by atoms with van der Waals surface area (Å²) >= 11 is 0. The van der Waals surface area contributed by atoms with Crippen LogP contribution in [0.4, 0.5) is 0 Å². The van der Waals surface area contributed by atoms with Gasteiger partial charge in [0.05, 0.1) is 17.5 Å². The minimum atomic E-state index is -0.590. The molecule has 1 aliphatic heterocycles. The fourth-order valence-electron chi connectivity index (χ4n) is 6.31. The van der Waals surface area contributed by atoms with Crippen molar-refractivity contribution in [2.75, 3.05) is 26.4 Å². The maximum absolute atomic E-state index is 10.3. The minimum Gasteiger partial charge on any atom is -0.496 e. The summed E-state index contributed by atoms with van der Waals surface area (Å²) in [5.41, 5.74) is 0. The van der Waals surface area contributed by atoms with E-state index in [1.165, 1.54) is 109 Å². The summed E-state index contributed by atoms with van der Waals surface area (Å²) in [6, 6.07) is -0.590. The number of hydrogen-bond donors (Lipinski definition) is 3. The Labute approximate surface area is 291 Å². The van der Waals surface area contributed by atoms with Crippen LogP contribution in [0.25, 0.3) is 0 Å². The first-order valence-corrected chi connectivity index (χ1v) is 19.5. The minimum absolute atomic E-state index is 0.313.